The number of anilines is 2. The van der Waals surface area contributed by atoms with Gasteiger partial charge >= 0.3 is 30.1 Å². The van der Waals surface area contributed by atoms with Crippen LogP contribution in [-0.2, 0) is 11.8 Å². The van der Waals surface area contributed by atoms with E-state index in [0.717, 1.165) is 64.2 Å². The van der Waals surface area contributed by atoms with Gasteiger partial charge in [-0.3, -0.25) is 9.59 Å². The van der Waals surface area contributed by atoms with Crippen LogP contribution in [0.25, 0.3) is 0 Å². The van der Waals surface area contributed by atoms with Crippen molar-refractivity contribution in [1.29, 1.82) is 0 Å². The molecule has 3 aromatic rings. The topological polar surface area (TPSA) is 40.6 Å². The maximum Gasteiger partial charge on any atom is 0.457 e. The van der Waals surface area contributed by atoms with Crippen LogP contribution in [0.2, 0.25) is 0 Å². The van der Waals surface area contributed by atoms with Crippen molar-refractivity contribution in [1.82, 2.24) is 0 Å². The molecule has 0 N–H and O–H groups in total. The number of hydrogen-bond donors (Lipinski definition) is 0. The van der Waals surface area contributed by atoms with Gasteiger partial charge in [0.15, 0.2) is 0 Å². The first-order chi connectivity index (χ1) is 19.9. The van der Waals surface area contributed by atoms with E-state index in [9.17, 15) is 66.7 Å². The summed E-state index contributed by atoms with van der Waals surface area (Å²) in [6.07, 6.45) is -20.0. The maximum atomic E-state index is 14.9. The smallest absolute Gasteiger partial charge is 0.311 e. The van der Waals surface area contributed by atoms with E-state index in [4.69, 9.17) is 0 Å². The lowest BCUT2D eigenvalue weighted by Gasteiger charge is -2.36. The first kappa shape index (κ1) is 34.9. The average Bonchev–Trinajstić information content (AvgIpc) is 2.93. The fraction of sp³-hybridized carbons (Fsp3) is 0.231. The monoisotopic (exact) mass is 760 g/mol. The number of alkyl halides is 12. The van der Waals surface area contributed by atoms with Gasteiger partial charge in [-0.25, -0.2) is 11.9 Å². The molecule has 18 heteroatoms. The first-order valence-corrected chi connectivity index (χ1v) is 12.5. The third-order valence-electron chi connectivity index (χ3n) is 6.15. The molecule has 0 saturated carbocycles. The van der Waals surface area contributed by atoms with Crippen molar-refractivity contribution in [2.75, 3.05) is 15.1 Å². The molecule has 0 aromatic heterocycles. The fourth-order valence-electron chi connectivity index (χ4n) is 3.84. The molecule has 1 atom stereocenters. The van der Waals surface area contributed by atoms with E-state index in [-0.39, 0.29) is 26.5 Å². The lowest BCUT2D eigenvalue weighted by molar-refractivity contribution is -0.389. The van der Waals surface area contributed by atoms with Crippen molar-refractivity contribution < 1.29 is 66.7 Å². The molecule has 2 amide bonds. The number of rotatable bonds is 6. The highest BCUT2D eigenvalue weighted by Gasteiger charge is 2.81. The number of carbonyl (C=O) groups is 2. The number of halogens is 14. The third kappa shape index (κ3) is 6.30. The molecule has 0 aliphatic heterocycles. The summed E-state index contributed by atoms with van der Waals surface area (Å²) in [5.74, 6) is -9.89. The zero-order chi connectivity index (χ0) is 33.6. The second-order valence-electron chi connectivity index (χ2n) is 8.97. The normalized spacial score (nSPS) is 14.2. The Balaban J connectivity index is 2.07. The number of nitrogens with zero attached hydrogens (tertiary/aromatic N) is 2. The van der Waals surface area contributed by atoms with Crippen LogP contribution in [0.15, 0.2) is 66.7 Å². The Bertz CT molecular complexity index is 1550. The van der Waals surface area contributed by atoms with E-state index in [2.05, 4.69) is 0 Å². The maximum absolute atomic E-state index is 14.9. The molecular formula is C26H14F13IN2O2. The van der Waals surface area contributed by atoms with Crippen molar-refractivity contribution in [3.05, 3.63) is 94.8 Å². The van der Waals surface area contributed by atoms with Gasteiger partial charge in [0.25, 0.3) is 11.8 Å². The summed E-state index contributed by atoms with van der Waals surface area (Å²) in [4.78, 5) is 26.8. The molecule has 3 aromatic carbocycles. The van der Waals surface area contributed by atoms with Crippen LogP contribution < -0.4 is 8.01 Å². The van der Waals surface area contributed by atoms with Crippen molar-refractivity contribution in [2.45, 2.75) is 30.1 Å². The summed E-state index contributed by atoms with van der Waals surface area (Å²) in [5.41, 5.74) is -13.5. The van der Waals surface area contributed by atoms with E-state index in [1.165, 1.54) is 19.2 Å². The number of amides is 2. The summed E-state index contributed by atoms with van der Waals surface area (Å²) in [5, 5.41) is 0. The Labute approximate surface area is 252 Å². The molecule has 0 aliphatic rings. The zero-order valence-electron chi connectivity index (χ0n) is 21.4. The Morgan fingerprint density at radius 2 is 1.25 bits per heavy atom. The Morgan fingerprint density at radius 3 is 1.75 bits per heavy atom. The molecular weight excluding hydrogens is 746 g/mol. The molecule has 0 aliphatic carbocycles. The predicted octanol–water partition coefficient (Wildman–Crippen LogP) is 9.04. The van der Waals surface area contributed by atoms with Gasteiger partial charge in [-0.15, -0.1) is 0 Å². The number of hydrogen-bond acceptors (Lipinski definition) is 2. The second kappa shape index (κ2) is 11.7. The minimum absolute atomic E-state index is 0.00922. The van der Waals surface area contributed by atoms with E-state index < -0.39 is 76.2 Å². The average molecular weight is 760 g/mol. The van der Waals surface area contributed by atoms with Gasteiger partial charge in [0.2, 0.25) is 0 Å². The summed E-state index contributed by atoms with van der Waals surface area (Å²) in [7, 11) is 1.23. The molecule has 1 unspecified atom stereocenters. The van der Waals surface area contributed by atoms with Gasteiger partial charge in [0.1, 0.15) is 5.82 Å². The van der Waals surface area contributed by atoms with Gasteiger partial charge in [0, 0.05) is 29.4 Å². The van der Waals surface area contributed by atoms with Crippen molar-refractivity contribution in [2.24, 2.45) is 0 Å². The Hall–Kier alpha value is -3.58. The highest BCUT2D eigenvalue weighted by Crippen LogP contribution is 2.59. The van der Waals surface area contributed by atoms with Crippen molar-refractivity contribution in [3.63, 3.8) is 0 Å². The van der Waals surface area contributed by atoms with Crippen LogP contribution >= 0.6 is 22.9 Å². The summed E-state index contributed by atoms with van der Waals surface area (Å²) in [6, 6.07) is 7.50. The molecule has 3 rings (SSSR count). The fourth-order valence-corrected chi connectivity index (χ4v) is 4.54. The molecule has 0 saturated heterocycles. The van der Waals surface area contributed by atoms with Crippen LogP contribution in [0, 0.1) is 5.82 Å². The highest BCUT2D eigenvalue weighted by atomic mass is 127. The Kier molecular flexibility index (Phi) is 9.31. The van der Waals surface area contributed by atoms with E-state index in [1.807, 2.05) is 0 Å². The van der Waals surface area contributed by atoms with Crippen LogP contribution in [-0.4, -0.2) is 37.1 Å². The third-order valence-corrected chi connectivity index (χ3v) is 7.10. The predicted molar refractivity (Wildman–Crippen MR) is 138 cm³/mol. The molecule has 0 fully saturated rings. The summed E-state index contributed by atoms with van der Waals surface area (Å²) < 4.78 is 176. The molecule has 0 heterocycles. The van der Waals surface area contributed by atoms with Crippen LogP contribution in [0.5, 0.6) is 0 Å². The minimum atomic E-state index is -7.22. The largest absolute Gasteiger partial charge is 0.457 e. The molecule has 0 spiro atoms. The van der Waals surface area contributed by atoms with Gasteiger partial charge in [-0.2, -0.15) is 48.3 Å². The second-order valence-corrected chi connectivity index (χ2v) is 9.93. The van der Waals surface area contributed by atoms with Gasteiger partial charge in [-0.05, 0) is 54.6 Å². The van der Waals surface area contributed by atoms with Gasteiger partial charge in [-0.1, -0.05) is 12.1 Å². The quantitative estimate of drug-likeness (QED) is 0.143. The van der Waals surface area contributed by atoms with Gasteiger partial charge in [0.05, 0.1) is 34.1 Å². The Morgan fingerprint density at radius 1 is 0.682 bits per heavy atom. The molecule has 0 bridgehead atoms. The minimum Gasteiger partial charge on any atom is -0.311 e. The van der Waals surface area contributed by atoms with E-state index in [1.54, 1.807) is 0 Å². The summed E-state index contributed by atoms with van der Waals surface area (Å²) >= 11 is 0.959. The molecule has 238 valence electrons. The lowest BCUT2D eigenvalue weighted by Crippen LogP contribution is -2.59. The molecule has 4 nitrogen and oxygen atoms in total. The summed E-state index contributed by atoms with van der Waals surface area (Å²) in [6.45, 7) is 0. The lowest BCUT2D eigenvalue weighted by atomic mass is 9.86. The van der Waals surface area contributed by atoms with Crippen molar-refractivity contribution in [3.8, 4) is 0 Å². The van der Waals surface area contributed by atoms with Gasteiger partial charge < -0.3 is 4.90 Å². The van der Waals surface area contributed by atoms with Crippen LogP contribution in [0.4, 0.5) is 68.5 Å². The SMILES string of the molecule is CN(C(=O)c1ccc(F)cc1)c1cccc(C(=O)N(I)c2ccc(C(F)(C(F)(F)F)C(F)(F)C(F)(F)F)cc2C(F)(F)F)c1. The highest BCUT2D eigenvalue weighted by molar-refractivity contribution is 14.1. The molecule has 0 radical (unpaired) electrons. The molecule has 44 heavy (non-hydrogen) atoms. The number of benzene rings is 3. The van der Waals surface area contributed by atoms with E-state index in [0.29, 0.717) is 0 Å². The zero-order valence-corrected chi connectivity index (χ0v) is 23.5. The number of carbonyl (C=O) groups excluding carboxylic acids is 2. The van der Waals surface area contributed by atoms with E-state index >= 15 is 0 Å². The standard InChI is InChI=1S/C26H14F13IN2O2/c1-41(20(43)13-5-8-16(27)9-6-13)17-4-2-3-14(11-17)21(44)42(40)19-10-7-15(12-18(19)23(29,30)31)22(28,25(34,35)36)24(32,33)26(37,38)39/h2-12H,1H3. The van der Waals surface area contributed by atoms with Crippen molar-refractivity contribution >= 4 is 46.1 Å². The van der Waals surface area contributed by atoms with Crippen LogP contribution in [0.3, 0.4) is 0 Å². The first-order valence-electron chi connectivity index (χ1n) is 11.5. The van der Waals surface area contributed by atoms with Crippen LogP contribution in [0.1, 0.15) is 31.8 Å².